The Morgan fingerprint density at radius 3 is 2.70 bits per heavy atom. The molecule has 0 aliphatic heterocycles. The second-order valence-electron chi connectivity index (χ2n) is 5.73. The lowest BCUT2D eigenvalue weighted by Gasteiger charge is -2.06. The number of ether oxygens (including phenoxy) is 1. The molecule has 27 heavy (non-hydrogen) atoms. The number of carbonyl (C=O) groups excluding carboxylic acids is 2. The molecule has 0 radical (unpaired) electrons. The highest BCUT2D eigenvalue weighted by Crippen LogP contribution is 2.22. The van der Waals surface area contributed by atoms with Crippen molar-refractivity contribution in [3.8, 4) is 0 Å². The van der Waals surface area contributed by atoms with Gasteiger partial charge in [-0.1, -0.05) is 11.3 Å². The largest absolute Gasteiger partial charge is 0.465 e. The lowest BCUT2D eigenvalue weighted by molar-refractivity contribution is -0.143. The SMILES string of the molecule is CCOC(=O)Cn1c(=NC(=O)c2c(C)cnn2C)sc2cc(F)cc(F)c21. The number of amides is 1. The predicted molar refractivity (Wildman–Crippen MR) is 94.2 cm³/mol. The van der Waals surface area contributed by atoms with E-state index in [2.05, 4.69) is 10.1 Å². The number of esters is 1. The van der Waals surface area contributed by atoms with E-state index in [0.29, 0.717) is 11.6 Å². The third kappa shape index (κ3) is 3.65. The maximum absolute atomic E-state index is 14.3. The Kier molecular flexibility index (Phi) is 5.17. The number of halogens is 2. The first-order valence-corrected chi connectivity index (χ1v) is 8.85. The summed E-state index contributed by atoms with van der Waals surface area (Å²) in [6.45, 7) is 3.15. The second-order valence-corrected chi connectivity index (χ2v) is 6.74. The summed E-state index contributed by atoms with van der Waals surface area (Å²) in [5, 5.41) is 3.99. The van der Waals surface area contributed by atoms with Gasteiger partial charge in [-0.05, 0) is 19.9 Å². The summed E-state index contributed by atoms with van der Waals surface area (Å²) in [6.07, 6.45) is 1.52. The molecule has 0 saturated heterocycles. The second kappa shape index (κ2) is 7.39. The van der Waals surface area contributed by atoms with E-state index in [4.69, 9.17) is 4.74 Å². The molecule has 0 unspecified atom stereocenters. The molecule has 2 aromatic heterocycles. The maximum Gasteiger partial charge on any atom is 0.326 e. The van der Waals surface area contributed by atoms with Crippen molar-refractivity contribution in [3.05, 3.63) is 46.0 Å². The highest BCUT2D eigenvalue weighted by Gasteiger charge is 2.18. The number of thiazole rings is 1. The van der Waals surface area contributed by atoms with Crippen molar-refractivity contribution in [3.63, 3.8) is 0 Å². The van der Waals surface area contributed by atoms with Crippen LogP contribution in [0, 0.1) is 18.6 Å². The quantitative estimate of drug-likeness (QED) is 0.637. The zero-order chi connectivity index (χ0) is 19.7. The van der Waals surface area contributed by atoms with Gasteiger partial charge >= 0.3 is 5.97 Å². The van der Waals surface area contributed by atoms with E-state index in [1.165, 1.54) is 15.4 Å². The molecule has 0 fully saturated rings. The number of hydrogen-bond acceptors (Lipinski definition) is 5. The van der Waals surface area contributed by atoms with Gasteiger partial charge in [0.15, 0.2) is 10.6 Å². The van der Waals surface area contributed by atoms with Crippen LogP contribution in [0.5, 0.6) is 0 Å². The van der Waals surface area contributed by atoms with Gasteiger partial charge in [0.1, 0.15) is 18.1 Å². The van der Waals surface area contributed by atoms with Crippen molar-refractivity contribution in [2.45, 2.75) is 20.4 Å². The Labute approximate surface area is 156 Å². The van der Waals surface area contributed by atoms with E-state index in [0.717, 1.165) is 17.4 Å². The molecule has 10 heteroatoms. The van der Waals surface area contributed by atoms with Crippen molar-refractivity contribution >= 4 is 33.4 Å². The molecule has 1 aromatic carbocycles. The average molecular weight is 394 g/mol. The molecule has 3 rings (SSSR count). The molecule has 0 aliphatic rings. The first-order valence-electron chi connectivity index (χ1n) is 8.03. The van der Waals surface area contributed by atoms with Crippen LogP contribution in [0.1, 0.15) is 23.0 Å². The number of rotatable bonds is 4. The maximum atomic E-state index is 14.3. The fourth-order valence-corrected chi connectivity index (χ4v) is 3.76. The van der Waals surface area contributed by atoms with Gasteiger partial charge in [0.25, 0.3) is 5.91 Å². The molecule has 3 aromatic rings. The van der Waals surface area contributed by atoms with E-state index in [-0.39, 0.29) is 33.9 Å². The van der Waals surface area contributed by atoms with Crippen LogP contribution in [0.15, 0.2) is 23.3 Å². The third-order valence-corrected chi connectivity index (χ3v) is 4.83. The molecule has 0 aliphatic carbocycles. The molecule has 7 nitrogen and oxygen atoms in total. The van der Waals surface area contributed by atoms with Crippen LogP contribution in [0.3, 0.4) is 0 Å². The number of hydrogen-bond donors (Lipinski definition) is 0. The molecule has 0 atom stereocenters. The topological polar surface area (TPSA) is 78.5 Å². The van der Waals surface area contributed by atoms with E-state index in [9.17, 15) is 18.4 Å². The first kappa shape index (κ1) is 18.9. The highest BCUT2D eigenvalue weighted by atomic mass is 32.1. The van der Waals surface area contributed by atoms with Crippen molar-refractivity contribution in [1.82, 2.24) is 14.3 Å². The fourth-order valence-electron chi connectivity index (χ4n) is 2.69. The summed E-state index contributed by atoms with van der Waals surface area (Å²) in [5.74, 6) is -2.83. The van der Waals surface area contributed by atoms with E-state index < -0.39 is 23.5 Å². The Morgan fingerprint density at radius 2 is 2.07 bits per heavy atom. The van der Waals surface area contributed by atoms with Gasteiger partial charge in [-0.25, -0.2) is 8.78 Å². The molecule has 0 N–H and O–H groups in total. The summed E-state index contributed by atoms with van der Waals surface area (Å²) < 4.78 is 35.6. The number of benzene rings is 1. The molecule has 142 valence electrons. The van der Waals surface area contributed by atoms with Crippen LogP contribution in [0.25, 0.3) is 10.2 Å². The monoisotopic (exact) mass is 394 g/mol. The number of fused-ring (bicyclic) bond motifs is 1. The Bertz CT molecular complexity index is 1090. The summed E-state index contributed by atoms with van der Waals surface area (Å²) in [5.41, 5.74) is 0.881. The van der Waals surface area contributed by atoms with Gasteiger partial charge in [0.2, 0.25) is 0 Å². The number of nitrogens with zero attached hydrogens (tertiary/aromatic N) is 4. The first-order chi connectivity index (χ1) is 12.8. The zero-order valence-corrected chi connectivity index (χ0v) is 15.6. The smallest absolute Gasteiger partial charge is 0.326 e. The summed E-state index contributed by atoms with van der Waals surface area (Å²) in [7, 11) is 1.60. The minimum Gasteiger partial charge on any atom is -0.465 e. The van der Waals surface area contributed by atoms with E-state index >= 15 is 0 Å². The van der Waals surface area contributed by atoms with Gasteiger partial charge in [0.05, 0.1) is 23.0 Å². The van der Waals surface area contributed by atoms with Crippen LogP contribution in [-0.2, 0) is 23.1 Å². The minimum absolute atomic E-state index is 0.0114. The summed E-state index contributed by atoms with van der Waals surface area (Å²) in [4.78, 5) is 28.6. The van der Waals surface area contributed by atoms with Gasteiger partial charge in [0, 0.05) is 18.7 Å². The Balaban J connectivity index is 2.20. The molecule has 0 spiro atoms. The van der Waals surface area contributed by atoms with Gasteiger partial charge in [-0.15, -0.1) is 0 Å². The van der Waals surface area contributed by atoms with Crippen LogP contribution in [-0.4, -0.2) is 32.8 Å². The molecular weight excluding hydrogens is 378 g/mol. The summed E-state index contributed by atoms with van der Waals surface area (Å²) in [6, 6.07) is 1.84. The van der Waals surface area contributed by atoms with Crippen molar-refractivity contribution in [2.75, 3.05) is 6.61 Å². The lowest BCUT2D eigenvalue weighted by Crippen LogP contribution is -2.24. The number of aryl methyl sites for hydroxylation is 2. The number of aromatic nitrogens is 3. The van der Waals surface area contributed by atoms with Crippen molar-refractivity contribution in [1.29, 1.82) is 0 Å². The molecular formula is C17H16F2N4O3S. The van der Waals surface area contributed by atoms with Crippen LogP contribution < -0.4 is 4.80 Å². The molecule has 1 amide bonds. The van der Waals surface area contributed by atoms with Gasteiger partial charge in [-0.3, -0.25) is 14.3 Å². The Hall–Kier alpha value is -2.88. The standard InChI is InChI=1S/C17H16F2N4O3S/c1-4-26-13(24)8-23-15-11(19)5-10(18)6-12(15)27-17(23)21-16(25)14-9(2)7-20-22(14)3/h5-7H,4,8H2,1-3H3. The zero-order valence-electron chi connectivity index (χ0n) is 14.8. The van der Waals surface area contributed by atoms with Crippen LogP contribution >= 0.6 is 11.3 Å². The summed E-state index contributed by atoms with van der Waals surface area (Å²) >= 11 is 0.908. The van der Waals surface area contributed by atoms with Crippen LogP contribution in [0.2, 0.25) is 0 Å². The van der Waals surface area contributed by atoms with Crippen LogP contribution in [0.4, 0.5) is 8.78 Å². The van der Waals surface area contributed by atoms with Crippen molar-refractivity contribution < 1.29 is 23.1 Å². The van der Waals surface area contributed by atoms with E-state index in [1.54, 1.807) is 20.9 Å². The predicted octanol–water partition coefficient (Wildman–Crippen LogP) is 2.33. The van der Waals surface area contributed by atoms with E-state index in [1.807, 2.05) is 0 Å². The Morgan fingerprint density at radius 1 is 1.33 bits per heavy atom. The molecule has 2 heterocycles. The highest BCUT2D eigenvalue weighted by molar-refractivity contribution is 7.16. The lowest BCUT2D eigenvalue weighted by atomic mass is 10.3. The fraction of sp³-hybridized carbons (Fsp3) is 0.294. The van der Waals surface area contributed by atoms with Gasteiger partial charge in [-0.2, -0.15) is 10.1 Å². The third-order valence-electron chi connectivity index (χ3n) is 3.81. The number of carbonyl (C=O) groups is 2. The molecule has 0 saturated carbocycles. The molecule has 0 bridgehead atoms. The average Bonchev–Trinajstić information content (AvgIpc) is 3.07. The normalized spacial score (nSPS) is 12.0. The van der Waals surface area contributed by atoms with Crippen molar-refractivity contribution in [2.24, 2.45) is 12.0 Å². The minimum atomic E-state index is -0.851. The van der Waals surface area contributed by atoms with Gasteiger partial charge < -0.3 is 9.30 Å².